The third-order valence-electron chi connectivity index (χ3n) is 3.90. The Kier molecular flexibility index (Phi) is 1.86. The summed E-state index contributed by atoms with van der Waals surface area (Å²) >= 11 is 0. The molecule has 0 amide bonds. The van der Waals surface area contributed by atoms with Crippen LogP contribution in [-0.4, -0.2) is 43.3 Å². The highest BCUT2D eigenvalue weighted by atomic mass is 16.5. The zero-order valence-electron chi connectivity index (χ0n) is 7.98. The number of nitrogens with zero attached hydrogens (tertiary/aromatic N) is 1. The molecular formula is C10H18N2O. The minimum atomic E-state index is 0.464. The topological polar surface area (TPSA) is 38.5 Å². The summed E-state index contributed by atoms with van der Waals surface area (Å²) in [6, 6.07) is 1.33. The van der Waals surface area contributed by atoms with Crippen LogP contribution in [0.4, 0.5) is 0 Å². The van der Waals surface area contributed by atoms with Crippen LogP contribution in [0.25, 0.3) is 0 Å². The van der Waals surface area contributed by atoms with Crippen LogP contribution in [0.2, 0.25) is 0 Å². The molecule has 13 heavy (non-hydrogen) atoms. The van der Waals surface area contributed by atoms with Crippen LogP contribution in [0.15, 0.2) is 0 Å². The lowest BCUT2D eigenvalue weighted by Crippen LogP contribution is -2.42. The van der Waals surface area contributed by atoms with Crippen molar-refractivity contribution >= 4 is 0 Å². The number of ether oxygens (including phenoxy) is 1. The fourth-order valence-corrected chi connectivity index (χ4v) is 2.97. The molecule has 74 valence electrons. The van der Waals surface area contributed by atoms with Gasteiger partial charge < -0.3 is 10.5 Å². The molecule has 3 aliphatic rings. The van der Waals surface area contributed by atoms with Gasteiger partial charge in [-0.15, -0.1) is 0 Å². The molecule has 3 heteroatoms. The first kappa shape index (κ1) is 8.21. The third-order valence-corrected chi connectivity index (χ3v) is 3.90. The second kappa shape index (κ2) is 2.94. The summed E-state index contributed by atoms with van der Waals surface area (Å²) in [5.74, 6) is 1.74. The summed E-state index contributed by atoms with van der Waals surface area (Å²) in [5, 5.41) is 0. The van der Waals surface area contributed by atoms with E-state index in [1.165, 1.54) is 25.9 Å². The van der Waals surface area contributed by atoms with Crippen molar-refractivity contribution < 1.29 is 4.74 Å². The molecule has 2 heterocycles. The molecule has 0 spiro atoms. The van der Waals surface area contributed by atoms with E-state index in [0.29, 0.717) is 6.04 Å². The van der Waals surface area contributed by atoms with Crippen molar-refractivity contribution in [3.05, 3.63) is 0 Å². The van der Waals surface area contributed by atoms with Gasteiger partial charge in [-0.25, -0.2) is 0 Å². The largest absolute Gasteiger partial charge is 0.381 e. The molecule has 2 saturated heterocycles. The molecule has 0 bridgehead atoms. The summed E-state index contributed by atoms with van der Waals surface area (Å²) in [6.45, 7) is 4.47. The fraction of sp³-hybridized carbons (Fsp3) is 1.00. The van der Waals surface area contributed by atoms with E-state index in [1.54, 1.807) is 0 Å². The lowest BCUT2D eigenvalue weighted by atomic mass is 10.1. The van der Waals surface area contributed by atoms with Crippen LogP contribution in [-0.2, 0) is 4.74 Å². The molecule has 0 radical (unpaired) electrons. The first-order valence-corrected chi connectivity index (χ1v) is 5.43. The Bertz CT molecular complexity index is 191. The van der Waals surface area contributed by atoms with Gasteiger partial charge in [0.1, 0.15) is 0 Å². The maximum absolute atomic E-state index is 5.88. The lowest BCUT2D eigenvalue weighted by Gasteiger charge is -2.31. The maximum atomic E-state index is 5.88. The van der Waals surface area contributed by atoms with E-state index in [2.05, 4.69) is 4.90 Å². The van der Waals surface area contributed by atoms with E-state index in [4.69, 9.17) is 10.5 Å². The molecule has 0 aromatic rings. The molecule has 3 nitrogen and oxygen atoms in total. The van der Waals surface area contributed by atoms with Gasteiger partial charge in [0.2, 0.25) is 0 Å². The second-order valence-corrected chi connectivity index (χ2v) is 4.73. The molecule has 2 aliphatic heterocycles. The highest BCUT2D eigenvalue weighted by Crippen LogP contribution is 2.48. The Hall–Kier alpha value is -0.120. The highest BCUT2D eigenvalue weighted by Gasteiger charge is 2.56. The van der Waals surface area contributed by atoms with Crippen molar-refractivity contribution in [3.8, 4) is 0 Å². The van der Waals surface area contributed by atoms with E-state index in [1.807, 2.05) is 0 Å². The predicted octanol–water partition coefficient (Wildman–Crippen LogP) is 0.0543. The van der Waals surface area contributed by atoms with Crippen LogP contribution in [0, 0.1) is 11.8 Å². The van der Waals surface area contributed by atoms with Crippen molar-refractivity contribution in [3.63, 3.8) is 0 Å². The van der Waals surface area contributed by atoms with Crippen LogP contribution < -0.4 is 5.73 Å². The molecule has 2 unspecified atom stereocenters. The Morgan fingerprint density at radius 1 is 1.08 bits per heavy atom. The highest BCUT2D eigenvalue weighted by molar-refractivity contribution is 5.07. The standard InChI is InChI=1S/C10H18N2O/c11-7-1-3-12(4-2-7)10-8-5-13-6-9(8)10/h7-10H,1-6,11H2. The van der Waals surface area contributed by atoms with E-state index >= 15 is 0 Å². The quantitative estimate of drug-likeness (QED) is 0.623. The fourth-order valence-electron chi connectivity index (χ4n) is 2.97. The molecule has 2 atom stereocenters. The molecule has 0 aromatic carbocycles. The van der Waals surface area contributed by atoms with Gasteiger partial charge in [0.15, 0.2) is 0 Å². The Balaban J connectivity index is 1.56. The number of hydrogen-bond donors (Lipinski definition) is 1. The van der Waals surface area contributed by atoms with Crippen LogP contribution in [0.5, 0.6) is 0 Å². The van der Waals surface area contributed by atoms with Crippen molar-refractivity contribution in [2.75, 3.05) is 26.3 Å². The monoisotopic (exact) mass is 182 g/mol. The molecule has 1 aliphatic carbocycles. The molecular weight excluding hydrogens is 164 g/mol. The van der Waals surface area contributed by atoms with Crippen molar-refractivity contribution in [2.24, 2.45) is 17.6 Å². The second-order valence-electron chi connectivity index (χ2n) is 4.73. The van der Waals surface area contributed by atoms with E-state index < -0.39 is 0 Å². The Morgan fingerprint density at radius 3 is 2.31 bits per heavy atom. The van der Waals surface area contributed by atoms with Gasteiger partial charge in [-0.05, 0) is 25.9 Å². The number of rotatable bonds is 1. The molecule has 2 N–H and O–H groups in total. The van der Waals surface area contributed by atoms with E-state index in [0.717, 1.165) is 31.1 Å². The minimum Gasteiger partial charge on any atom is -0.381 e. The molecule has 3 rings (SSSR count). The van der Waals surface area contributed by atoms with Gasteiger partial charge in [-0.3, -0.25) is 4.90 Å². The van der Waals surface area contributed by atoms with E-state index in [-0.39, 0.29) is 0 Å². The number of piperidine rings is 1. The average molecular weight is 182 g/mol. The van der Waals surface area contributed by atoms with Gasteiger partial charge in [0.25, 0.3) is 0 Å². The zero-order chi connectivity index (χ0) is 8.84. The Morgan fingerprint density at radius 2 is 1.69 bits per heavy atom. The summed E-state index contributed by atoms with van der Waals surface area (Å²) < 4.78 is 5.40. The zero-order valence-corrected chi connectivity index (χ0v) is 7.98. The number of likely N-dealkylation sites (tertiary alicyclic amines) is 1. The van der Waals surface area contributed by atoms with Crippen LogP contribution in [0.3, 0.4) is 0 Å². The maximum Gasteiger partial charge on any atom is 0.0513 e. The summed E-state index contributed by atoms with van der Waals surface area (Å²) in [7, 11) is 0. The van der Waals surface area contributed by atoms with Gasteiger partial charge in [-0.2, -0.15) is 0 Å². The minimum absolute atomic E-state index is 0.464. The Labute approximate surface area is 79.2 Å². The van der Waals surface area contributed by atoms with Gasteiger partial charge in [-0.1, -0.05) is 0 Å². The summed E-state index contributed by atoms with van der Waals surface area (Å²) in [5.41, 5.74) is 5.88. The first-order valence-electron chi connectivity index (χ1n) is 5.43. The average Bonchev–Trinajstić information content (AvgIpc) is 2.63. The number of fused-ring (bicyclic) bond motifs is 1. The van der Waals surface area contributed by atoms with Crippen LogP contribution in [0.1, 0.15) is 12.8 Å². The van der Waals surface area contributed by atoms with Crippen molar-refractivity contribution in [2.45, 2.75) is 24.9 Å². The normalized spacial score (nSPS) is 46.4. The molecule has 0 aromatic heterocycles. The van der Waals surface area contributed by atoms with Gasteiger partial charge in [0, 0.05) is 23.9 Å². The van der Waals surface area contributed by atoms with E-state index in [9.17, 15) is 0 Å². The smallest absolute Gasteiger partial charge is 0.0513 e. The lowest BCUT2D eigenvalue weighted by molar-refractivity contribution is 0.110. The number of nitrogens with two attached hydrogens (primary N) is 1. The van der Waals surface area contributed by atoms with Crippen molar-refractivity contribution in [1.82, 2.24) is 4.90 Å². The predicted molar refractivity (Wildman–Crippen MR) is 50.4 cm³/mol. The summed E-state index contributed by atoms with van der Waals surface area (Å²) in [6.07, 6.45) is 2.38. The number of hydrogen-bond acceptors (Lipinski definition) is 3. The third kappa shape index (κ3) is 1.30. The molecule has 3 fully saturated rings. The van der Waals surface area contributed by atoms with Gasteiger partial charge >= 0.3 is 0 Å². The SMILES string of the molecule is NC1CCN(C2C3COCC32)CC1. The summed E-state index contributed by atoms with van der Waals surface area (Å²) in [4.78, 5) is 2.64. The molecule has 1 saturated carbocycles. The van der Waals surface area contributed by atoms with Crippen molar-refractivity contribution in [1.29, 1.82) is 0 Å². The first-order chi connectivity index (χ1) is 6.36. The van der Waals surface area contributed by atoms with Crippen LogP contribution >= 0.6 is 0 Å². The van der Waals surface area contributed by atoms with Gasteiger partial charge in [0.05, 0.1) is 13.2 Å².